The van der Waals surface area contributed by atoms with Crippen molar-refractivity contribution in [1.82, 2.24) is 0 Å². The summed E-state index contributed by atoms with van der Waals surface area (Å²) in [5.74, 6) is 0.822. The van der Waals surface area contributed by atoms with E-state index in [2.05, 4.69) is 0 Å². The fourth-order valence-electron chi connectivity index (χ4n) is 1.63. The van der Waals surface area contributed by atoms with Crippen molar-refractivity contribution in [3.63, 3.8) is 0 Å². The summed E-state index contributed by atoms with van der Waals surface area (Å²) in [5.41, 5.74) is 0.705. The van der Waals surface area contributed by atoms with Crippen LogP contribution in [-0.4, -0.2) is 32.4 Å². The number of hydrogen-bond donors (Lipinski definition) is 1. The second-order valence-corrected chi connectivity index (χ2v) is 3.38. The molecular formula is C12H16O5. The molecule has 17 heavy (non-hydrogen) atoms. The first kappa shape index (κ1) is 13.2. The molecule has 0 aromatic heterocycles. The molecule has 0 radical (unpaired) electrons. The van der Waals surface area contributed by atoms with Gasteiger partial charge >= 0.3 is 5.97 Å². The summed E-state index contributed by atoms with van der Waals surface area (Å²) >= 11 is 0. The number of rotatable bonds is 6. The highest BCUT2D eigenvalue weighted by molar-refractivity contribution is 5.68. The molecule has 1 N–H and O–H groups in total. The maximum atomic E-state index is 10.6. The lowest BCUT2D eigenvalue weighted by molar-refractivity contribution is -0.136. The molecular weight excluding hydrogens is 224 g/mol. The van der Waals surface area contributed by atoms with Gasteiger partial charge in [-0.15, -0.1) is 0 Å². The Hall–Kier alpha value is -1.91. The fraction of sp³-hybridized carbons (Fsp3) is 0.417. The third kappa shape index (κ3) is 3.03. The van der Waals surface area contributed by atoms with Gasteiger partial charge in [0.25, 0.3) is 0 Å². The molecule has 0 bridgehead atoms. The standard InChI is InChI=1S/C12H16O5/c1-15-9-5-6-10(16-2)12(17-3)8(9)4-7-11(13)14/h5-6H,4,7H2,1-3H3,(H,13,14). The molecule has 0 atom stereocenters. The van der Waals surface area contributed by atoms with E-state index in [1.165, 1.54) is 21.3 Å². The van der Waals surface area contributed by atoms with Gasteiger partial charge in [-0.3, -0.25) is 4.79 Å². The Bertz CT molecular complexity index is 400. The number of ether oxygens (including phenoxy) is 3. The topological polar surface area (TPSA) is 65.0 Å². The summed E-state index contributed by atoms with van der Waals surface area (Å²) in [6.45, 7) is 0. The fourth-order valence-corrected chi connectivity index (χ4v) is 1.63. The smallest absolute Gasteiger partial charge is 0.303 e. The molecule has 94 valence electrons. The normalized spacial score (nSPS) is 9.82. The minimum absolute atomic E-state index is 0.0138. The zero-order valence-corrected chi connectivity index (χ0v) is 10.1. The van der Waals surface area contributed by atoms with Gasteiger partial charge in [0.15, 0.2) is 11.5 Å². The van der Waals surface area contributed by atoms with E-state index in [1.807, 2.05) is 0 Å². The SMILES string of the molecule is COc1ccc(OC)c(OC)c1CCC(=O)O. The van der Waals surface area contributed by atoms with Gasteiger partial charge in [-0.2, -0.15) is 0 Å². The van der Waals surface area contributed by atoms with E-state index in [-0.39, 0.29) is 6.42 Å². The average Bonchev–Trinajstić information content (AvgIpc) is 2.34. The highest BCUT2D eigenvalue weighted by atomic mass is 16.5. The van der Waals surface area contributed by atoms with E-state index in [0.29, 0.717) is 29.2 Å². The Morgan fingerprint density at radius 3 is 2.18 bits per heavy atom. The van der Waals surface area contributed by atoms with E-state index in [0.717, 1.165) is 0 Å². The van der Waals surface area contributed by atoms with Gasteiger partial charge in [0.1, 0.15) is 5.75 Å². The predicted octanol–water partition coefficient (Wildman–Crippen LogP) is 1.73. The average molecular weight is 240 g/mol. The molecule has 0 fully saturated rings. The van der Waals surface area contributed by atoms with E-state index in [4.69, 9.17) is 19.3 Å². The molecule has 0 unspecified atom stereocenters. The molecule has 0 aliphatic carbocycles. The number of benzene rings is 1. The van der Waals surface area contributed by atoms with Crippen molar-refractivity contribution in [3.05, 3.63) is 17.7 Å². The lowest BCUT2D eigenvalue weighted by atomic mass is 10.1. The summed E-state index contributed by atoms with van der Waals surface area (Å²) in [7, 11) is 4.58. The Morgan fingerprint density at radius 1 is 1.12 bits per heavy atom. The third-order valence-electron chi connectivity index (χ3n) is 2.41. The van der Waals surface area contributed by atoms with Gasteiger partial charge in [0.2, 0.25) is 0 Å². The Morgan fingerprint density at radius 2 is 1.71 bits per heavy atom. The lowest BCUT2D eigenvalue weighted by Gasteiger charge is -2.15. The Balaban J connectivity index is 3.15. The second kappa shape index (κ2) is 5.98. The van der Waals surface area contributed by atoms with Gasteiger partial charge in [0.05, 0.1) is 21.3 Å². The number of carbonyl (C=O) groups is 1. The highest BCUT2D eigenvalue weighted by Crippen LogP contribution is 2.37. The zero-order chi connectivity index (χ0) is 12.8. The minimum atomic E-state index is -0.864. The summed E-state index contributed by atoms with van der Waals surface area (Å²) in [6.07, 6.45) is 0.346. The van der Waals surface area contributed by atoms with Crippen molar-refractivity contribution in [2.75, 3.05) is 21.3 Å². The molecule has 1 aromatic carbocycles. The summed E-state index contributed by atoms with van der Waals surface area (Å²) in [4.78, 5) is 10.6. The van der Waals surface area contributed by atoms with Crippen LogP contribution in [0.3, 0.4) is 0 Å². The summed E-state index contributed by atoms with van der Waals surface area (Å²) < 4.78 is 15.6. The molecule has 0 saturated carbocycles. The number of carboxylic acids is 1. The Labute approximate surface area is 99.9 Å². The Kier molecular flexibility index (Phi) is 4.63. The maximum Gasteiger partial charge on any atom is 0.303 e. The van der Waals surface area contributed by atoms with Gasteiger partial charge in [-0.1, -0.05) is 0 Å². The van der Waals surface area contributed by atoms with E-state index < -0.39 is 5.97 Å². The van der Waals surface area contributed by atoms with Crippen LogP contribution in [0.15, 0.2) is 12.1 Å². The van der Waals surface area contributed by atoms with Crippen molar-refractivity contribution in [3.8, 4) is 17.2 Å². The molecule has 0 amide bonds. The van der Waals surface area contributed by atoms with Crippen LogP contribution in [0.2, 0.25) is 0 Å². The number of carboxylic acid groups (broad SMARTS) is 1. The zero-order valence-electron chi connectivity index (χ0n) is 10.1. The van der Waals surface area contributed by atoms with Crippen LogP contribution in [0.25, 0.3) is 0 Å². The molecule has 0 aliphatic heterocycles. The summed E-state index contributed by atoms with van der Waals surface area (Å²) in [5, 5.41) is 8.72. The second-order valence-electron chi connectivity index (χ2n) is 3.38. The molecule has 5 heteroatoms. The largest absolute Gasteiger partial charge is 0.496 e. The van der Waals surface area contributed by atoms with Crippen molar-refractivity contribution < 1.29 is 24.1 Å². The van der Waals surface area contributed by atoms with Crippen LogP contribution in [-0.2, 0) is 11.2 Å². The van der Waals surface area contributed by atoms with Gasteiger partial charge in [-0.25, -0.2) is 0 Å². The molecule has 0 spiro atoms. The molecule has 0 saturated heterocycles. The maximum absolute atomic E-state index is 10.6. The quantitative estimate of drug-likeness (QED) is 0.820. The molecule has 1 aromatic rings. The first-order valence-corrected chi connectivity index (χ1v) is 5.13. The predicted molar refractivity (Wildman–Crippen MR) is 62.1 cm³/mol. The van der Waals surface area contributed by atoms with Gasteiger partial charge in [0, 0.05) is 12.0 Å². The molecule has 0 heterocycles. The van der Waals surface area contributed by atoms with Gasteiger partial charge in [-0.05, 0) is 18.6 Å². The van der Waals surface area contributed by atoms with Crippen LogP contribution >= 0.6 is 0 Å². The number of hydrogen-bond acceptors (Lipinski definition) is 4. The highest BCUT2D eigenvalue weighted by Gasteiger charge is 2.16. The van der Waals surface area contributed by atoms with E-state index >= 15 is 0 Å². The van der Waals surface area contributed by atoms with Crippen molar-refractivity contribution in [1.29, 1.82) is 0 Å². The van der Waals surface area contributed by atoms with Crippen molar-refractivity contribution in [2.24, 2.45) is 0 Å². The first-order chi connectivity index (χ1) is 8.13. The number of methoxy groups -OCH3 is 3. The van der Waals surface area contributed by atoms with Crippen molar-refractivity contribution in [2.45, 2.75) is 12.8 Å². The molecule has 1 rings (SSSR count). The van der Waals surface area contributed by atoms with Crippen LogP contribution in [0.1, 0.15) is 12.0 Å². The van der Waals surface area contributed by atoms with Crippen molar-refractivity contribution >= 4 is 5.97 Å². The van der Waals surface area contributed by atoms with Crippen LogP contribution in [0.5, 0.6) is 17.2 Å². The molecule has 0 aliphatic rings. The van der Waals surface area contributed by atoms with Crippen LogP contribution < -0.4 is 14.2 Å². The monoisotopic (exact) mass is 240 g/mol. The summed E-state index contributed by atoms with van der Waals surface area (Å²) in [6, 6.07) is 3.46. The lowest BCUT2D eigenvalue weighted by Crippen LogP contribution is -2.03. The van der Waals surface area contributed by atoms with E-state index in [9.17, 15) is 4.79 Å². The van der Waals surface area contributed by atoms with Gasteiger partial charge < -0.3 is 19.3 Å². The van der Waals surface area contributed by atoms with Crippen LogP contribution in [0, 0.1) is 0 Å². The first-order valence-electron chi connectivity index (χ1n) is 5.13. The number of aliphatic carboxylic acids is 1. The van der Waals surface area contributed by atoms with E-state index in [1.54, 1.807) is 12.1 Å². The third-order valence-corrected chi connectivity index (χ3v) is 2.41. The van der Waals surface area contributed by atoms with Crippen LogP contribution in [0.4, 0.5) is 0 Å². The molecule has 5 nitrogen and oxygen atoms in total. The minimum Gasteiger partial charge on any atom is -0.496 e.